The molecule has 0 aromatic carbocycles. The molecule has 0 heterocycles. The summed E-state index contributed by atoms with van der Waals surface area (Å²) < 4.78 is 0. The Morgan fingerprint density at radius 1 is 0.611 bits per heavy atom. The van der Waals surface area contributed by atoms with Gasteiger partial charge in [0.25, 0.3) is 0 Å². The highest BCUT2D eigenvalue weighted by atomic mass is 13.9. The van der Waals surface area contributed by atoms with Crippen LogP contribution in [0.25, 0.3) is 0 Å². The maximum Gasteiger partial charge on any atom is -0.0351 e. The van der Waals surface area contributed by atoms with Gasteiger partial charge in [-0.1, -0.05) is 70.3 Å². The van der Waals surface area contributed by atoms with Crippen LogP contribution in [0.15, 0.2) is 24.3 Å². The Bertz CT molecular complexity index is 188. The highest BCUT2D eigenvalue weighted by Crippen LogP contribution is 2.08. The molecule has 0 fully saturated rings. The zero-order valence-corrected chi connectivity index (χ0v) is 12.5. The normalized spacial score (nSPS) is 11.9. The molecule has 105 valence electrons. The van der Waals surface area contributed by atoms with E-state index in [-0.39, 0.29) is 0 Å². The fraction of sp³-hybridized carbons (Fsp3) is 0.722. The second kappa shape index (κ2) is 16.5. The first kappa shape index (κ1) is 17.5. The molecule has 0 N–H and O–H groups in total. The van der Waals surface area contributed by atoms with Crippen LogP contribution in [0.3, 0.4) is 0 Å². The van der Waals surface area contributed by atoms with Gasteiger partial charge in [0.2, 0.25) is 0 Å². The molecule has 0 unspecified atom stereocenters. The molecule has 0 saturated heterocycles. The van der Waals surface area contributed by atoms with E-state index in [1.54, 1.807) is 0 Å². The van der Waals surface area contributed by atoms with Gasteiger partial charge in [0.1, 0.15) is 0 Å². The molecule has 0 aliphatic heterocycles. The third kappa shape index (κ3) is 15.5. The lowest BCUT2D eigenvalue weighted by atomic mass is 10.1. The SMILES string of the molecule is [CH2]CCCCCCC/C=C/CCCC/C=C/CC. The summed E-state index contributed by atoms with van der Waals surface area (Å²) in [6, 6.07) is 0. The molecule has 18 heavy (non-hydrogen) atoms. The van der Waals surface area contributed by atoms with Crippen LogP contribution in [0.4, 0.5) is 0 Å². The number of unbranched alkanes of at least 4 members (excludes halogenated alkanes) is 9. The zero-order valence-electron chi connectivity index (χ0n) is 12.5. The summed E-state index contributed by atoms with van der Waals surface area (Å²) in [4.78, 5) is 0. The van der Waals surface area contributed by atoms with Gasteiger partial charge in [0.15, 0.2) is 0 Å². The standard InChI is InChI=1S/C18H33/c1-3-5-7-9-11-13-15-17-18-16-14-12-10-8-6-4-2/h6,8,17-18H,1,3-5,7,9-16H2,2H3/b8-6+,18-17+. The molecule has 0 aliphatic carbocycles. The van der Waals surface area contributed by atoms with Crippen molar-refractivity contribution in [2.75, 3.05) is 0 Å². The topological polar surface area (TPSA) is 0 Å². The maximum atomic E-state index is 3.87. The zero-order chi connectivity index (χ0) is 13.3. The Labute approximate surface area is 116 Å². The lowest BCUT2D eigenvalue weighted by Gasteiger charge is -1.97. The Hall–Kier alpha value is -0.520. The van der Waals surface area contributed by atoms with E-state index < -0.39 is 0 Å². The third-order valence-electron chi connectivity index (χ3n) is 3.18. The molecule has 0 aliphatic rings. The number of allylic oxidation sites excluding steroid dienone is 4. The Kier molecular flexibility index (Phi) is 16.0. The summed E-state index contributed by atoms with van der Waals surface area (Å²) in [7, 11) is 0. The van der Waals surface area contributed by atoms with E-state index in [1.807, 2.05) is 0 Å². The summed E-state index contributed by atoms with van der Waals surface area (Å²) >= 11 is 0. The van der Waals surface area contributed by atoms with Gasteiger partial charge < -0.3 is 0 Å². The van der Waals surface area contributed by atoms with Crippen LogP contribution in [0.5, 0.6) is 0 Å². The van der Waals surface area contributed by atoms with Crippen molar-refractivity contribution >= 4 is 0 Å². The smallest absolute Gasteiger partial charge is 0.0351 e. The van der Waals surface area contributed by atoms with Crippen molar-refractivity contribution in [2.45, 2.75) is 84.0 Å². The van der Waals surface area contributed by atoms with E-state index in [9.17, 15) is 0 Å². The van der Waals surface area contributed by atoms with Crippen molar-refractivity contribution in [3.8, 4) is 0 Å². The van der Waals surface area contributed by atoms with Gasteiger partial charge in [-0.15, -0.1) is 0 Å². The largest absolute Gasteiger partial charge is 0.0888 e. The maximum absolute atomic E-state index is 3.87. The molecular weight excluding hydrogens is 216 g/mol. The second-order valence-corrected chi connectivity index (χ2v) is 5.05. The summed E-state index contributed by atoms with van der Waals surface area (Å²) in [5.41, 5.74) is 0. The van der Waals surface area contributed by atoms with E-state index in [0.29, 0.717) is 0 Å². The van der Waals surface area contributed by atoms with Crippen LogP contribution in [0.2, 0.25) is 0 Å². The van der Waals surface area contributed by atoms with Gasteiger partial charge in [-0.3, -0.25) is 0 Å². The minimum atomic E-state index is 1.10. The highest BCUT2D eigenvalue weighted by Gasteiger charge is 1.88. The van der Waals surface area contributed by atoms with E-state index in [4.69, 9.17) is 0 Å². The van der Waals surface area contributed by atoms with Crippen molar-refractivity contribution in [1.82, 2.24) is 0 Å². The van der Waals surface area contributed by atoms with Crippen LogP contribution < -0.4 is 0 Å². The van der Waals surface area contributed by atoms with Crippen LogP contribution in [0.1, 0.15) is 84.0 Å². The second-order valence-electron chi connectivity index (χ2n) is 5.05. The summed E-state index contributed by atoms with van der Waals surface area (Å²) in [6.07, 6.45) is 24.9. The molecule has 0 spiro atoms. The van der Waals surface area contributed by atoms with Gasteiger partial charge in [-0.25, -0.2) is 0 Å². The molecule has 0 nitrogen and oxygen atoms in total. The predicted molar refractivity (Wildman–Crippen MR) is 84.7 cm³/mol. The molecule has 0 rings (SSSR count). The van der Waals surface area contributed by atoms with Crippen molar-refractivity contribution in [1.29, 1.82) is 0 Å². The monoisotopic (exact) mass is 249 g/mol. The van der Waals surface area contributed by atoms with Gasteiger partial charge in [-0.2, -0.15) is 0 Å². The highest BCUT2D eigenvalue weighted by molar-refractivity contribution is 4.83. The minimum Gasteiger partial charge on any atom is -0.0888 e. The van der Waals surface area contributed by atoms with E-state index >= 15 is 0 Å². The van der Waals surface area contributed by atoms with Gasteiger partial charge in [-0.05, 0) is 44.9 Å². The van der Waals surface area contributed by atoms with E-state index in [2.05, 4.69) is 38.2 Å². The van der Waals surface area contributed by atoms with Crippen LogP contribution >= 0.6 is 0 Å². The fourth-order valence-electron chi connectivity index (χ4n) is 2.01. The number of hydrogen-bond donors (Lipinski definition) is 0. The average Bonchev–Trinajstić information content (AvgIpc) is 2.39. The van der Waals surface area contributed by atoms with Gasteiger partial charge >= 0.3 is 0 Å². The van der Waals surface area contributed by atoms with E-state index in [1.165, 1.54) is 70.6 Å². The molecule has 0 aromatic rings. The molecule has 0 bridgehead atoms. The van der Waals surface area contributed by atoms with Crippen LogP contribution in [0, 0.1) is 6.92 Å². The van der Waals surface area contributed by atoms with Crippen molar-refractivity contribution < 1.29 is 0 Å². The molecule has 0 amide bonds. The van der Waals surface area contributed by atoms with Crippen molar-refractivity contribution in [2.24, 2.45) is 0 Å². The number of rotatable bonds is 13. The first-order chi connectivity index (χ1) is 8.91. The molecule has 0 atom stereocenters. The molecule has 0 saturated carbocycles. The molecule has 1 radical (unpaired) electrons. The molecular formula is C18H33. The Morgan fingerprint density at radius 2 is 1.06 bits per heavy atom. The summed E-state index contributed by atoms with van der Waals surface area (Å²) in [5.74, 6) is 0. The number of hydrogen-bond acceptors (Lipinski definition) is 0. The third-order valence-corrected chi connectivity index (χ3v) is 3.18. The van der Waals surface area contributed by atoms with Gasteiger partial charge in [0.05, 0.1) is 0 Å². The van der Waals surface area contributed by atoms with Gasteiger partial charge in [0, 0.05) is 0 Å². The quantitative estimate of drug-likeness (QED) is 0.254. The van der Waals surface area contributed by atoms with Crippen molar-refractivity contribution in [3.05, 3.63) is 31.2 Å². The fourth-order valence-corrected chi connectivity index (χ4v) is 2.01. The lowest BCUT2D eigenvalue weighted by Crippen LogP contribution is -1.78. The Balaban J connectivity index is 3.07. The summed E-state index contributed by atoms with van der Waals surface area (Å²) in [5, 5.41) is 0. The van der Waals surface area contributed by atoms with E-state index in [0.717, 1.165) is 6.42 Å². The van der Waals surface area contributed by atoms with Crippen LogP contribution in [-0.2, 0) is 0 Å². The summed E-state index contributed by atoms with van der Waals surface area (Å²) in [6.45, 7) is 6.06. The minimum absolute atomic E-state index is 1.10. The Morgan fingerprint density at radius 3 is 1.61 bits per heavy atom. The molecule has 0 heteroatoms. The molecule has 0 aromatic heterocycles. The average molecular weight is 249 g/mol. The first-order valence-corrected chi connectivity index (χ1v) is 8.01. The lowest BCUT2D eigenvalue weighted by molar-refractivity contribution is 0.621. The first-order valence-electron chi connectivity index (χ1n) is 8.01. The predicted octanol–water partition coefficient (Wildman–Crippen LogP) is 6.63. The van der Waals surface area contributed by atoms with Crippen molar-refractivity contribution in [3.63, 3.8) is 0 Å². The van der Waals surface area contributed by atoms with Crippen LogP contribution in [-0.4, -0.2) is 0 Å².